The van der Waals surface area contributed by atoms with Gasteiger partial charge in [0.2, 0.25) is 0 Å². The van der Waals surface area contributed by atoms with E-state index in [1.165, 1.54) is 23.8 Å². The summed E-state index contributed by atoms with van der Waals surface area (Å²) in [5, 5.41) is 5.00. The summed E-state index contributed by atoms with van der Waals surface area (Å²) >= 11 is 6.32. The summed E-state index contributed by atoms with van der Waals surface area (Å²) in [7, 11) is 0. The van der Waals surface area contributed by atoms with Crippen LogP contribution in [0.4, 0.5) is 0 Å². The Bertz CT molecular complexity index is 578. The van der Waals surface area contributed by atoms with Gasteiger partial charge in [0.15, 0.2) is 0 Å². The molecular formula is C16H19ClN2. The van der Waals surface area contributed by atoms with E-state index in [1.807, 2.05) is 13.0 Å². The number of nitrogens with zero attached hydrogens (tertiary/aromatic N) is 1. The second-order valence-corrected chi connectivity index (χ2v) is 5.98. The number of aromatic nitrogens is 1. The van der Waals surface area contributed by atoms with E-state index in [2.05, 4.69) is 34.6 Å². The minimum Gasteiger partial charge on any atom is -0.311 e. The molecule has 1 atom stereocenters. The number of rotatable bonds is 5. The van der Waals surface area contributed by atoms with Gasteiger partial charge in [0.25, 0.3) is 0 Å². The highest BCUT2D eigenvalue weighted by molar-refractivity contribution is 6.21. The average Bonchev–Trinajstić information content (AvgIpc) is 3.22. The number of hydrogen-bond acceptors (Lipinski definition) is 2. The monoisotopic (exact) mass is 274 g/mol. The van der Waals surface area contributed by atoms with E-state index < -0.39 is 0 Å². The van der Waals surface area contributed by atoms with E-state index in [0.717, 1.165) is 30.2 Å². The van der Waals surface area contributed by atoms with Crippen molar-refractivity contribution in [1.29, 1.82) is 0 Å². The van der Waals surface area contributed by atoms with Gasteiger partial charge in [-0.25, -0.2) is 0 Å². The Kier molecular flexibility index (Phi) is 3.72. The summed E-state index contributed by atoms with van der Waals surface area (Å²) in [6.45, 7) is 3.80. The summed E-state index contributed by atoms with van der Waals surface area (Å²) in [6.07, 6.45) is 2.60. The number of fused-ring (bicyclic) bond motifs is 1. The fourth-order valence-corrected chi connectivity index (χ4v) is 2.87. The molecule has 1 saturated carbocycles. The van der Waals surface area contributed by atoms with Gasteiger partial charge in [0.05, 0.1) is 5.52 Å². The lowest BCUT2D eigenvalue weighted by Gasteiger charge is -2.12. The summed E-state index contributed by atoms with van der Waals surface area (Å²) in [4.78, 5) is 4.56. The quantitative estimate of drug-likeness (QED) is 0.842. The molecule has 19 heavy (non-hydrogen) atoms. The van der Waals surface area contributed by atoms with Crippen LogP contribution in [0.3, 0.4) is 0 Å². The van der Waals surface area contributed by atoms with Gasteiger partial charge in [-0.05, 0) is 43.4 Å². The third kappa shape index (κ3) is 3.07. The normalized spacial score (nSPS) is 16.7. The van der Waals surface area contributed by atoms with Gasteiger partial charge in [0, 0.05) is 29.5 Å². The SMILES string of the molecule is Cc1cc(CNCC(Cl)C2CC2)c2ccccc2n1. The van der Waals surface area contributed by atoms with Crippen LogP contribution in [0.2, 0.25) is 0 Å². The van der Waals surface area contributed by atoms with Crippen molar-refractivity contribution in [2.45, 2.75) is 31.7 Å². The van der Waals surface area contributed by atoms with Crippen molar-refractivity contribution >= 4 is 22.5 Å². The lowest BCUT2D eigenvalue weighted by Crippen LogP contribution is -2.24. The molecular weight excluding hydrogens is 256 g/mol. The molecule has 3 rings (SSSR count). The molecule has 0 amide bonds. The van der Waals surface area contributed by atoms with Crippen molar-refractivity contribution in [3.05, 3.63) is 41.6 Å². The largest absolute Gasteiger partial charge is 0.311 e. The minimum absolute atomic E-state index is 0.286. The third-order valence-electron chi connectivity index (χ3n) is 3.72. The van der Waals surface area contributed by atoms with Crippen LogP contribution in [0, 0.1) is 12.8 Å². The van der Waals surface area contributed by atoms with E-state index in [0.29, 0.717) is 0 Å². The van der Waals surface area contributed by atoms with Gasteiger partial charge in [-0.1, -0.05) is 18.2 Å². The molecule has 2 nitrogen and oxygen atoms in total. The number of halogens is 1. The van der Waals surface area contributed by atoms with Gasteiger partial charge < -0.3 is 5.32 Å². The van der Waals surface area contributed by atoms with Crippen molar-refractivity contribution in [3.8, 4) is 0 Å². The molecule has 0 aliphatic heterocycles. The minimum atomic E-state index is 0.286. The van der Waals surface area contributed by atoms with Gasteiger partial charge in [-0.15, -0.1) is 11.6 Å². The zero-order chi connectivity index (χ0) is 13.2. The molecule has 2 aromatic rings. The first kappa shape index (κ1) is 12.9. The standard InChI is InChI=1S/C16H19ClN2/c1-11-8-13(9-18-10-15(17)12-6-7-12)14-4-2-3-5-16(14)19-11/h2-5,8,12,15,18H,6-7,9-10H2,1H3. The van der Waals surface area contributed by atoms with Crippen molar-refractivity contribution in [1.82, 2.24) is 10.3 Å². The maximum Gasteiger partial charge on any atom is 0.0708 e. The lowest BCUT2D eigenvalue weighted by atomic mass is 10.1. The van der Waals surface area contributed by atoms with Crippen LogP contribution >= 0.6 is 11.6 Å². The molecule has 1 unspecified atom stereocenters. The van der Waals surface area contributed by atoms with E-state index in [9.17, 15) is 0 Å². The summed E-state index contributed by atoms with van der Waals surface area (Å²) < 4.78 is 0. The number of aryl methyl sites for hydroxylation is 1. The number of hydrogen-bond donors (Lipinski definition) is 1. The van der Waals surface area contributed by atoms with E-state index >= 15 is 0 Å². The highest BCUT2D eigenvalue weighted by Crippen LogP contribution is 2.35. The Labute approximate surface area is 119 Å². The molecule has 1 heterocycles. The van der Waals surface area contributed by atoms with Crippen LogP contribution in [0.25, 0.3) is 10.9 Å². The molecule has 100 valence electrons. The first-order chi connectivity index (χ1) is 9.24. The first-order valence-electron chi connectivity index (χ1n) is 6.94. The van der Waals surface area contributed by atoms with Crippen LogP contribution in [0.1, 0.15) is 24.1 Å². The predicted molar refractivity (Wildman–Crippen MR) is 80.6 cm³/mol. The second-order valence-electron chi connectivity index (χ2n) is 5.42. The Morgan fingerprint density at radius 2 is 2.16 bits per heavy atom. The molecule has 1 fully saturated rings. The van der Waals surface area contributed by atoms with Gasteiger partial charge in [0.1, 0.15) is 0 Å². The van der Waals surface area contributed by atoms with Crippen molar-refractivity contribution in [3.63, 3.8) is 0 Å². The maximum absolute atomic E-state index is 6.32. The molecule has 0 spiro atoms. The van der Waals surface area contributed by atoms with Crippen LogP contribution in [-0.4, -0.2) is 16.9 Å². The predicted octanol–water partition coefficient (Wildman–Crippen LogP) is 3.65. The Hall–Kier alpha value is -1.12. The summed E-state index contributed by atoms with van der Waals surface area (Å²) in [6, 6.07) is 10.5. The number of alkyl halides is 1. The zero-order valence-corrected chi connectivity index (χ0v) is 12.0. The van der Waals surface area contributed by atoms with Crippen LogP contribution in [0.15, 0.2) is 30.3 Å². The number of pyridine rings is 1. The Morgan fingerprint density at radius 1 is 1.37 bits per heavy atom. The topological polar surface area (TPSA) is 24.9 Å². The van der Waals surface area contributed by atoms with E-state index in [1.54, 1.807) is 0 Å². The van der Waals surface area contributed by atoms with Crippen LogP contribution < -0.4 is 5.32 Å². The lowest BCUT2D eigenvalue weighted by molar-refractivity contribution is 0.621. The summed E-state index contributed by atoms with van der Waals surface area (Å²) in [5.41, 5.74) is 3.45. The second kappa shape index (κ2) is 5.48. The molecule has 1 aromatic carbocycles. The molecule has 1 aliphatic carbocycles. The zero-order valence-electron chi connectivity index (χ0n) is 11.2. The third-order valence-corrected chi connectivity index (χ3v) is 4.23. The Morgan fingerprint density at radius 3 is 2.95 bits per heavy atom. The van der Waals surface area contributed by atoms with E-state index in [4.69, 9.17) is 11.6 Å². The molecule has 1 N–H and O–H groups in total. The molecule has 0 radical (unpaired) electrons. The number of benzene rings is 1. The van der Waals surface area contributed by atoms with Gasteiger partial charge >= 0.3 is 0 Å². The molecule has 0 saturated heterocycles. The van der Waals surface area contributed by atoms with Crippen molar-refractivity contribution in [2.75, 3.05) is 6.54 Å². The van der Waals surface area contributed by atoms with E-state index in [-0.39, 0.29) is 5.38 Å². The molecule has 1 aliphatic rings. The highest BCUT2D eigenvalue weighted by Gasteiger charge is 2.29. The van der Waals surface area contributed by atoms with Gasteiger partial charge in [-0.3, -0.25) is 4.98 Å². The maximum atomic E-state index is 6.32. The fourth-order valence-electron chi connectivity index (χ4n) is 2.51. The van der Waals surface area contributed by atoms with Gasteiger partial charge in [-0.2, -0.15) is 0 Å². The van der Waals surface area contributed by atoms with Crippen LogP contribution in [-0.2, 0) is 6.54 Å². The first-order valence-corrected chi connectivity index (χ1v) is 7.38. The Balaban J connectivity index is 1.72. The molecule has 0 bridgehead atoms. The summed E-state index contributed by atoms with van der Waals surface area (Å²) in [5.74, 6) is 0.741. The molecule has 3 heteroatoms. The molecule has 1 aromatic heterocycles. The van der Waals surface area contributed by atoms with Crippen molar-refractivity contribution < 1.29 is 0 Å². The van der Waals surface area contributed by atoms with Crippen LogP contribution in [0.5, 0.6) is 0 Å². The van der Waals surface area contributed by atoms with Crippen molar-refractivity contribution in [2.24, 2.45) is 5.92 Å². The number of para-hydroxylation sites is 1. The smallest absolute Gasteiger partial charge is 0.0708 e. The average molecular weight is 275 g/mol. The highest BCUT2D eigenvalue weighted by atomic mass is 35.5. The fraction of sp³-hybridized carbons (Fsp3) is 0.438. The number of nitrogens with one attached hydrogen (secondary N) is 1.